The van der Waals surface area contributed by atoms with Crippen LogP contribution in [0.4, 0.5) is 10.6 Å². The molecule has 1 aliphatic carbocycles. The van der Waals surface area contributed by atoms with Gasteiger partial charge in [0.2, 0.25) is 0 Å². The SMILES string of the molecule is CC1CN(c2ccc(CNC(=O)NC(C)C3CC3)cn2)CC(C)O1. The topological polar surface area (TPSA) is 66.5 Å². The molecule has 0 bridgehead atoms. The van der Waals surface area contributed by atoms with Crippen LogP contribution in [0.3, 0.4) is 0 Å². The highest BCUT2D eigenvalue weighted by Crippen LogP contribution is 2.32. The van der Waals surface area contributed by atoms with Crippen molar-refractivity contribution in [3.8, 4) is 0 Å². The summed E-state index contributed by atoms with van der Waals surface area (Å²) >= 11 is 0. The monoisotopic (exact) mass is 332 g/mol. The van der Waals surface area contributed by atoms with E-state index in [1.807, 2.05) is 18.3 Å². The van der Waals surface area contributed by atoms with Crippen molar-refractivity contribution in [3.05, 3.63) is 23.9 Å². The molecule has 3 unspecified atom stereocenters. The summed E-state index contributed by atoms with van der Waals surface area (Å²) in [4.78, 5) is 18.7. The third-order valence-electron chi connectivity index (χ3n) is 4.69. The molecule has 1 saturated carbocycles. The number of ether oxygens (including phenoxy) is 1. The Hall–Kier alpha value is -1.82. The summed E-state index contributed by atoms with van der Waals surface area (Å²) in [7, 11) is 0. The number of nitrogens with one attached hydrogen (secondary N) is 2. The summed E-state index contributed by atoms with van der Waals surface area (Å²) in [5.74, 6) is 1.63. The molecule has 1 aromatic heterocycles. The number of nitrogens with zero attached hydrogens (tertiary/aromatic N) is 2. The van der Waals surface area contributed by atoms with Crippen LogP contribution in [0.15, 0.2) is 18.3 Å². The van der Waals surface area contributed by atoms with Crippen LogP contribution in [-0.2, 0) is 11.3 Å². The molecule has 0 radical (unpaired) electrons. The van der Waals surface area contributed by atoms with Crippen LogP contribution in [-0.4, -0.2) is 42.4 Å². The number of aromatic nitrogens is 1. The first kappa shape index (κ1) is 17.0. The van der Waals surface area contributed by atoms with Gasteiger partial charge in [0.05, 0.1) is 12.2 Å². The molecule has 0 spiro atoms. The standard InChI is InChI=1S/C18H28N4O2/c1-12-10-22(11-13(2)24-12)17-7-4-15(8-19-17)9-20-18(23)21-14(3)16-5-6-16/h4,7-8,12-14,16H,5-6,9-11H2,1-3H3,(H2,20,21,23). The van der Waals surface area contributed by atoms with E-state index in [-0.39, 0.29) is 24.3 Å². The molecule has 3 rings (SSSR count). The Balaban J connectivity index is 1.48. The fourth-order valence-electron chi connectivity index (χ4n) is 3.23. The van der Waals surface area contributed by atoms with Gasteiger partial charge in [-0.15, -0.1) is 0 Å². The number of anilines is 1. The Bertz CT molecular complexity index is 549. The van der Waals surface area contributed by atoms with Gasteiger partial charge in [0.1, 0.15) is 5.82 Å². The maximum atomic E-state index is 11.9. The number of carbonyl (C=O) groups is 1. The van der Waals surface area contributed by atoms with E-state index >= 15 is 0 Å². The fraction of sp³-hybridized carbons (Fsp3) is 0.667. The number of pyridine rings is 1. The summed E-state index contributed by atoms with van der Waals surface area (Å²) in [6.45, 7) is 8.45. The van der Waals surface area contributed by atoms with E-state index in [9.17, 15) is 4.79 Å². The van der Waals surface area contributed by atoms with Gasteiger partial charge in [-0.2, -0.15) is 0 Å². The zero-order valence-electron chi connectivity index (χ0n) is 14.8. The van der Waals surface area contributed by atoms with E-state index in [4.69, 9.17) is 4.74 Å². The van der Waals surface area contributed by atoms with E-state index in [2.05, 4.69) is 41.3 Å². The van der Waals surface area contributed by atoms with Crippen molar-refractivity contribution in [2.24, 2.45) is 5.92 Å². The number of hydrogen-bond acceptors (Lipinski definition) is 4. The molecule has 6 nitrogen and oxygen atoms in total. The Morgan fingerprint density at radius 1 is 1.33 bits per heavy atom. The number of hydrogen-bond donors (Lipinski definition) is 2. The highest BCUT2D eigenvalue weighted by atomic mass is 16.5. The number of amides is 2. The lowest BCUT2D eigenvalue weighted by molar-refractivity contribution is -0.00546. The molecule has 0 aromatic carbocycles. The average Bonchev–Trinajstić information content (AvgIpc) is 3.37. The molecule has 2 aliphatic rings. The number of urea groups is 1. The van der Waals surface area contributed by atoms with E-state index in [1.165, 1.54) is 12.8 Å². The lowest BCUT2D eigenvalue weighted by atomic mass is 10.2. The van der Waals surface area contributed by atoms with Crippen LogP contribution in [0.5, 0.6) is 0 Å². The van der Waals surface area contributed by atoms with Crippen LogP contribution in [0, 0.1) is 5.92 Å². The first-order chi connectivity index (χ1) is 11.5. The predicted octanol–water partition coefficient (Wildman–Crippen LogP) is 2.29. The van der Waals surface area contributed by atoms with Crippen LogP contribution in [0.2, 0.25) is 0 Å². The molecule has 24 heavy (non-hydrogen) atoms. The molecule has 1 aromatic rings. The van der Waals surface area contributed by atoms with Crippen molar-refractivity contribution in [2.75, 3.05) is 18.0 Å². The molecule has 2 fully saturated rings. The Morgan fingerprint density at radius 2 is 2.04 bits per heavy atom. The van der Waals surface area contributed by atoms with Crippen molar-refractivity contribution in [2.45, 2.75) is 58.4 Å². The van der Waals surface area contributed by atoms with Crippen molar-refractivity contribution in [1.29, 1.82) is 0 Å². The van der Waals surface area contributed by atoms with Gasteiger partial charge in [-0.05, 0) is 51.2 Å². The molecule has 132 valence electrons. The van der Waals surface area contributed by atoms with Crippen LogP contribution in [0.25, 0.3) is 0 Å². The first-order valence-corrected chi connectivity index (χ1v) is 8.91. The lowest BCUT2D eigenvalue weighted by Gasteiger charge is -2.36. The first-order valence-electron chi connectivity index (χ1n) is 8.91. The normalized spacial score (nSPS) is 25.2. The van der Waals surface area contributed by atoms with Crippen LogP contribution >= 0.6 is 0 Å². The predicted molar refractivity (Wildman–Crippen MR) is 94.0 cm³/mol. The van der Waals surface area contributed by atoms with Crippen LogP contribution in [0.1, 0.15) is 39.2 Å². The molecule has 6 heteroatoms. The number of carbonyl (C=O) groups excluding carboxylic acids is 1. The van der Waals surface area contributed by atoms with Gasteiger partial charge in [-0.1, -0.05) is 6.07 Å². The van der Waals surface area contributed by atoms with Crippen molar-refractivity contribution in [1.82, 2.24) is 15.6 Å². The molecular formula is C18H28N4O2. The van der Waals surface area contributed by atoms with Crippen molar-refractivity contribution in [3.63, 3.8) is 0 Å². The van der Waals surface area contributed by atoms with Gasteiger partial charge in [0.25, 0.3) is 0 Å². The molecule has 1 aliphatic heterocycles. The second-order valence-electron chi connectivity index (χ2n) is 7.14. The van der Waals surface area contributed by atoms with Crippen molar-refractivity contribution < 1.29 is 9.53 Å². The van der Waals surface area contributed by atoms with Gasteiger partial charge in [-0.3, -0.25) is 0 Å². The summed E-state index contributed by atoms with van der Waals surface area (Å²) in [5, 5.41) is 5.89. The van der Waals surface area contributed by atoms with Gasteiger partial charge < -0.3 is 20.3 Å². The van der Waals surface area contributed by atoms with Crippen molar-refractivity contribution >= 4 is 11.8 Å². The molecular weight excluding hydrogens is 304 g/mol. The summed E-state index contributed by atoms with van der Waals surface area (Å²) in [6, 6.07) is 4.20. The quantitative estimate of drug-likeness (QED) is 0.868. The van der Waals surface area contributed by atoms with Gasteiger partial charge in [-0.25, -0.2) is 9.78 Å². The minimum absolute atomic E-state index is 0.102. The third-order valence-corrected chi connectivity index (χ3v) is 4.69. The van der Waals surface area contributed by atoms with E-state index < -0.39 is 0 Å². The van der Waals surface area contributed by atoms with E-state index in [1.54, 1.807) is 0 Å². The zero-order valence-corrected chi connectivity index (χ0v) is 14.8. The van der Waals surface area contributed by atoms with E-state index in [0.717, 1.165) is 24.5 Å². The second-order valence-corrected chi connectivity index (χ2v) is 7.14. The highest BCUT2D eigenvalue weighted by Gasteiger charge is 2.28. The maximum absolute atomic E-state index is 11.9. The highest BCUT2D eigenvalue weighted by molar-refractivity contribution is 5.74. The summed E-state index contributed by atoms with van der Waals surface area (Å²) < 4.78 is 5.76. The average molecular weight is 332 g/mol. The Morgan fingerprint density at radius 3 is 2.62 bits per heavy atom. The van der Waals surface area contributed by atoms with E-state index in [0.29, 0.717) is 12.5 Å². The van der Waals surface area contributed by atoms with Gasteiger partial charge in [0.15, 0.2) is 0 Å². The Kier molecular flexibility index (Phi) is 5.23. The van der Waals surface area contributed by atoms with Gasteiger partial charge in [0, 0.05) is 31.9 Å². The maximum Gasteiger partial charge on any atom is 0.315 e. The minimum Gasteiger partial charge on any atom is -0.372 e. The number of morpholine rings is 1. The molecule has 2 N–H and O–H groups in total. The Labute approximate surface area is 144 Å². The molecule has 1 saturated heterocycles. The molecule has 3 atom stereocenters. The molecule has 2 amide bonds. The lowest BCUT2D eigenvalue weighted by Crippen LogP contribution is -2.45. The second kappa shape index (κ2) is 7.38. The smallest absolute Gasteiger partial charge is 0.315 e. The number of rotatable bonds is 5. The molecule has 2 heterocycles. The zero-order chi connectivity index (χ0) is 17.1. The fourth-order valence-corrected chi connectivity index (χ4v) is 3.23. The summed E-state index contributed by atoms with van der Waals surface area (Å²) in [5.41, 5.74) is 1.00. The summed E-state index contributed by atoms with van der Waals surface area (Å²) in [6.07, 6.45) is 4.73. The minimum atomic E-state index is -0.102. The third kappa shape index (κ3) is 4.60. The van der Waals surface area contributed by atoms with Crippen LogP contribution < -0.4 is 15.5 Å². The van der Waals surface area contributed by atoms with Gasteiger partial charge >= 0.3 is 6.03 Å². The largest absolute Gasteiger partial charge is 0.372 e.